The van der Waals surface area contributed by atoms with Crippen molar-refractivity contribution in [2.24, 2.45) is 5.41 Å². The zero-order valence-electron chi connectivity index (χ0n) is 7.85. The Labute approximate surface area is 76.8 Å². The fourth-order valence-electron chi connectivity index (χ4n) is 1.60. The highest BCUT2D eigenvalue weighted by molar-refractivity contribution is 5.93. The Kier molecular flexibility index (Phi) is 1.65. The molecule has 1 aliphatic heterocycles. The summed E-state index contributed by atoms with van der Waals surface area (Å²) in [4.78, 5) is 18.5. The van der Waals surface area contributed by atoms with Crippen LogP contribution >= 0.6 is 0 Å². The monoisotopic (exact) mass is 179 g/mol. The quantitative estimate of drug-likeness (QED) is 0.616. The number of nitrogens with zero attached hydrogens (tertiary/aromatic N) is 1. The SMILES string of the molecule is CC1(C)CNC(=O)c2nc[nH]c2C1. The van der Waals surface area contributed by atoms with Gasteiger partial charge in [-0.25, -0.2) is 4.98 Å². The van der Waals surface area contributed by atoms with Crippen molar-refractivity contribution in [1.82, 2.24) is 15.3 Å². The molecule has 0 aromatic carbocycles. The maximum absolute atomic E-state index is 11.5. The van der Waals surface area contributed by atoms with E-state index in [1.165, 1.54) is 0 Å². The van der Waals surface area contributed by atoms with E-state index in [4.69, 9.17) is 0 Å². The second-order valence-electron chi connectivity index (χ2n) is 4.25. The van der Waals surface area contributed by atoms with Crippen LogP contribution in [0.15, 0.2) is 6.33 Å². The first-order valence-electron chi connectivity index (χ1n) is 4.39. The largest absolute Gasteiger partial charge is 0.350 e. The molecule has 0 radical (unpaired) electrons. The molecular formula is C9H13N3O. The lowest BCUT2D eigenvalue weighted by molar-refractivity contribution is 0.0940. The Hall–Kier alpha value is -1.32. The maximum atomic E-state index is 11.5. The van der Waals surface area contributed by atoms with E-state index in [0.29, 0.717) is 12.2 Å². The van der Waals surface area contributed by atoms with Crippen molar-refractivity contribution < 1.29 is 4.79 Å². The standard InChI is InChI=1S/C9H13N3O/c1-9(2)3-6-7(12-5-11-6)8(13)10-4-9/h5H,3-4H2,1-2H3,(H,10,13)(H,11,12). The first-order valence-corrected chi connectivity index (χ1v) is 4.39. The normalized spacial score (nSPS) is 20.3. The predicted octanol–water partition coefficient (Wildman–Crippen LogP) is 0.722. The van der Waals surface area contributed by atoms with E-state index >= 15 is 0 Å². The van der Waals surface area contributed by atoms with Gasteiger partial charge in [0.1, 0.15) is 5.69 Å². The molecule has 1 amide bonds. The van der Waals surface area contributed by atoms with Crippen molar-refractivity contribution in [3.63, 3.8) is 0 Å². The van der Waals surface area contributed by atoms with Crippen molar-refractivity contribution >= 4 is 5.91 Å². The Balaban J connectivity index is 2.41. The molecule has 0 aliphatic carbocycles. The van der Waals surface area contributed by atoms with Gasteiger partial charge in [0.05, 0.1) is 6.33 Å². The third-order valence-electron chi connectivity index (χ3n) is 2.32. The number of amides is 1. The summed E-state index contributed by atoms with van der Waals surface area (Å²) in [6.45, 7) is 4.96. The number of H-pyrrole nitrogens is 1. The minimum absolute atomic E-state index is 0.0678. The number of fused-ring (bicyclic) bond motifs is 1. The molecule has 0 unspecified atom stereocenters. The Bertz CT molecular complexity index is 340. The molecule has 4 heteroatoms. The molecule has 0 atom stereocenters. The predicted molar refractivity (Wildman–Crippen MR) is 48.4 cm³/mol. The molecule has 2 N–H and O–H groups in total. The number of nitrogens with one attached hydrogen (secondary N) is 2. The van der Waals surface area contributed by atoms with Crippen LogP contribution in [0.25, 0.3) is 0 Å². The van der Waals surface area contributed by atoms with Gasteiger partial charge in [0.2, 0.25) is 0 Å². The second kappa shape index (κ2) is 2.58. The van der Waals surface area contributed by atoms with Gasteiger partial charge in [0.15, 0.2) is 0 Å². The average molecular weight is 179 g/mol. The molecule has 1 aliphatic rings. The highest BCUT2D eigenvalue weighted by atomic mass is 16.1. The molecule has 4 nitrogen and oxygen atoms in total. The van der Waals surface area contributed by atoms with Gasteiger partial charge in [0, 0.05) is 12.2 Å². The van der Waals surface area contributed by atoms with E-state index in [1.807, 2.05) is 0 Å². The molecule has 0 saturated heterocycles. The third-order valence-corrected chi connectivity index (χ3v) is 2.32. The van der Waals surface area contributed by atoms with Crippen LogP contribution in [-0.2, 0) is 6.42 Å². The van der Waals surface area contributed by atoms with Crippen molar-refractivity contribution in [3.05, 3.63) is 17.7 Å². The van der Waals surface area contributed by atoms with Crippen LogP contribution in [0, 0.1) is 5.41 Å². The molecule has 2 rings (SSSR count). The van der Waals surface area contributed by atoms with E-state index in [1.54, 1.807) is 6.33 Å². The van der Waals surface area contributed by atoms with Crippen molar-refractivity contribution in [3.8, 4) is 0 Å². The Morgan fingerprint density at radius 3 is 3.08 bits per heavy atom. The number of carbonyl (C=O) groups excluding carboxylic acids is 1. The van der Waals surface area contributed by atoms with Gasteiger partial charge < -0.3 is 10.3 Å². The molecule has 0 spiro atoms. The summed E-state index contributed by atoms with van der Waals surface area (Å²) in [5.41, 5.74) is 1.60. The summed E-state index contributed by atoms with van der Waals surface area (Å²) < 4.78 is 0. The van der Waals surface area contributed by atoms with E-state index in [0.717, 1.165) is 12.1 Å². The zero-order chi connectivity index (χ0) is 9.47. The highest BCUT2D eigenvalue weighted by Gasteiger charge is 2.28. The highest BCUT2D eigenvalue weighted by Crippen LogP contribution is 2.23. The number of aromatic amines is 1. The molecular weight excluding hydrogens is 166 g/mol. The van der Waals surface area contributed by atoms with Crippen LogP contribution in [0.2, 0.25) is 0 Å². The van der Waals surface area contributed by atoms with Gasteiger partial charge in [-0.2, -0.15) is 0 Å². The molecule has 0 fully saturated rings. The first kappa shape index (κ1) is 8.29. The lowest BCUT2D eigenvalue weighted by Gasteiger charge is -2.21. The summed E-state index contributed by atoms with van der Waals surface area (Å²) in [7, 11) is 0. The molecule has 2 heterocycles. The maximum Gasteiger partial charge on any atom is 0.271 e. The van der Waals surface area contributed by atoms with E-state index in [2.05, 4.69) is 29.1 Å². The number of hydrogen-bond donors (Lipinski definition) is 2. The summed E-state index contributed by atoms with van der Waals surface area (Å²) >= 11 is 0. The molecule has 0 saturated carbocycles. The van der Waals surface area contributed by atoms with E-state index in [-0.39, 0.29) is 11.3 Å². The van der Waals surface area contributed by atoms with Gasteiger partial charge >= 0.3 is 0 Å². The number of aromatic nitrogens is 2. The van der Waals surface area contributed by atoms with Gasteiger partial charge in [-0.3, -0.25) is 4.79 Å². The first-order chi connectivity index (χ1) is 6.08. The summed E-state index contributed by atoms with van der Waals surface area (Å²) in [6, 6.07) is 0. The summed E-state index contributed by atoms with van der Waals surface area (Å²) in [5, 5.41) is 2.86. The number of hydrogen-bond acceptors (Lipinski definition) is 2. The molecule has 0 bridgehead atoms. The molecule has 1 aromatic heterocycles. The fourth-order valence-corrected chi connectivity index (χ4v) is 1.60. The van der Waals surface area contributed by atoms with Crippen molar-refractivity contribution in [2.75, 3.05) is 6.54 Å². The lowest BCUT2D eigenvalue weighted by atomic mass is 9.88. The summed E-state index contributed by atoms with van der Waals surface area (Å²) in [5.74, 6) is -0.0678. The number of rotatable bonds is 0. The molecule has 1 aromatic rings. The van der Waals surface area contributed by atoms with Gasteiger partial charge in [-0.15, -0.1) is 0 Å². The summed E-state index contributed by atoms with van der Waals surface area (Å²) in [6.07, 6.45) is 2.44. The number of imidazole rings is 1. The topological polar surface area (TPSA) is 57.8 Å². The van der Waals surface area contributed by atoms with Crippen molar-refractivity contribution in [2.45, 2.75) is 20.3 Å². The van der Waals surface area contributed by atoms with Crippen LogP contribution in [-0.4, -0.2) is 22.4 Å². The van der Waals surface area contributed by atoms with Crippen LogP contribution in [0.4, 0.5) is 0 Å². The van der Waals surface area contributed by atoms with E-state index < -0.39 is 0 Å². The minimum Gasteiger partial charge on any atom is -0.350 e. The average Bonchev–Trinajstić information content (AvgIpc) is 2.44. The van der Waals surface area contributed by atoms with E-state index in [9.17, 15) is 4.79 Å². The smallest absolute Gasteiger partial charge is 0.271 e. The van der Waals surface area contributed by atoms with Gasteiger partial charge in [-0.05, 0) is 11.8 Å². The van der Waals surface area contributed by atoms with Gasteiger partial charge in [0.25, 0.3) is 5.91 Å². The van der Waals surface area contributed by atoms with Gasteiger partial charge in [-0.1, -0.05) is 13.8 Å². The molecule has 70 valence electrons. The van der Waals surface area contributed by atoms with Crippen LogP contribution in [0.3, 0.4) is 0 Å². The number of carbonyl (C=O) groups is 1. The van der Waals surface area contributed by atoms with Crippen LogP contribution < -0.4 is 5.32 Å². The minimum atomic E-state index is -0.0678. The fraction of sp³-hybridized carbons (Fsp3) is 0.556. The Morgan fingerprint density at radius 2 is 2.31 bits per heavy atom. The molecule has 13 heavy (non-hydrogen) atoms. The third kappa shape index (κ3) is 1.43. The second-order valence-corrected chi connectivity index (χ2v) is 4.25. The Morgan fingerprint density at radius 1 is 1.54 bits per heavy atom. The lowest BCUT2D eigenvalue weighted by Crippen LogP contribution is -2.31. The zero-order valence-corrected chi connectivity index (χ0v) is 7.85. The van der Waals surface area contributed by atoms with Crippen LogP contribution in [0.5, 0.6) is 0 Å². The van der Waals surface area contributed by atoms with Crippen LogP contribution in [0.1, 0.15) is 30.0 Å². The van der Waals surface area contributed by atoms with Crippen molar-refractivity contribution in [1.29, 1.82) is 0 Å².